The molecule has 2 rings (SSSR count). The van der Waals surface area contributed by atoms with Crippen LogP contribution in [0.3, 0.4) is 0 Å². The van der Waals surface area contributed by atoms with Gasteiger partial charge in [0.2, 0.25) is 5.69 Å². The zero-order chi connectivity index (χ0) is 17.0. The first kappa shape index (κ1) is 16.2. The lowest BCUT2D eigenvalue weighted by atomic mass is 10.2. The molecule has 2 N–H and O–H groups in total. The van der Waals surface area contributed by atoms with E-state index in [1.165, 1.54) is 6.92 Å². The topological polar surface area (TPSA) is 119 Å². The molecule has 0 aliphatic carbocycles. The average molecular weight is 318 g/mol. The third-order valence-electron chi connectivity index (χ3n) is 2.91. The predicted molar refractivity (Wildman–Crippen MR) is 77.6 cm³/mol. The van der Waals surface area contributed by atoms with Crippen molar-refractivity contribution in [3.63, 3.8) is 0 Å². The lowest BCUT2D eigenvalue weighted by Crippen LogP contribution is -2.15. The molecule has 2 aromatic rings. The fourth-order valence-corrected chi connectivity index (χ4v) is 1.98. The summed E-state index contributed by atoms with van der Waals surface area (Å²) in [7, 11) is 0. The van der Waals surface area contributed by atoms with Crippen LogP contribution in [0.5, 0.6) is 5.75 Å². The molecule has 8 heteroatoms. The van der Waals surface area contributed by atoms with Crippen LogP contribution in [0, 0.1) is 0 Å². The smallest absolute Gasteiger partial charge is 0.360 e. The van der Waals surface area contributed by atoms with Crippen LogP contribution in [0.25, 0.3) is 0 Å². The van der Waals surface area contributed by atoms with Gasteiger partial charge in [-0.1, -0.05) is 30.3 Å². The summed E-state index contributed by atoms with van der Waals surface area (Å²) in [5, 5.41) is 22.2. The summed E-state index contributed by atoms with van der Waals surface area (Å²) < 4.78 is 6.21. The van der Waals surface area contributed by atoms with Gasteiger partial charge in [-0.2, -0.15) is 5.10 Å². The first-order valence-corrected chi connectivity index (χ1v) is 6.63. The third-order valence-corrected chi connectivity index (χ3v) is 2.91. The number of rotatable bonds is 7. The molecule has 0 fully saturated rings. The Bertz CT molecular complexity index is 751. The highest BCUT2D eigenvalue weighted by molar-refractivity contribution is 5.97. The molecule has 0 aliphatic rings. The van der Waals surface area contributed by atoms with Crippen LogP contribution in [-0.4, -0.2) is 37.7 Å². The molecule has 0 atom stereocenters. The van der Waals surface area contributed by atoms with Gasteiger partial charge in [0.05, 0.1) is 0 Å². The van der Waals surface area contributed by atoms with Gasteiger partial charge in [0, 0.05) is 0 Å². The number of aromatic carboxylic acids is 2. The minimum Gasteiger partial charge on any atom is -0.484 e. The number of benzene rings is 1. The number of hydrogen-bond donors (Lipinski definition) is 2. The van der Waals surface area contributed by atoms with E-state index in [0.717, 1.165) is 10.2 Å². The van der Waals surface area contributed by atoms with Crippen molar-refractivity contribution >= 4 is 17.7 Å². The van der Waals surface area contributed by atoms with E-state index >= 15 is 0 Å². The predicted octanol–water partition coefficient (Wildman–Crippen LogP) is 1.45. The van der Waals surface area contributed by atoms with Crippen molar-refractivity contribution in [3.05, 3.63) is 47.3 Å². The van der Waals surface area contributed by atoms with E-state index in [1.807, 2.05) is 0 Å². The number of carboxylic acid groups (broad SMARTS) is 2. The minimum atomic E-state index is -1.43. The zero-order valence-corrected chi connectivity index (χ0v) is 12.2. The Hall–Kier alpha value is -3.16. The molecule has 1 aromatic carbocycles. The van der Waals surface area contributed by atoms with Crippen LogP contribution in [0.4, 0.5) is 0 Å². The number of carbonyl (C=O) groups is 3. The second-order valence-corrected chi connectivity index (χ2v) is 4.77. The maximum atomic E-state index is 11.4. The first-order chi connectivity index (χ1) is 10.9. The second-order valence-electron chi connectivity index (χ2n) is 4.77. The molecule has 0 unspecified atom stereocenters. The van der Waals surface area contributed by atoms with E-state index in [1.54, 1.807) is 30.3 Å². The Kier molecular flexibility index (Phi) is 4.75. The highest BCUT2D eigenvalue weighted by atomic mass is 16.5. The number of Topliss-reactive ketones (excluding diaryl/α,β-unsaturated/α-hetero) is 1. The molecule has 1 aromatic heterocycles. The molecule has 0 radical (unpaired) electrons. The standard InChI is InChI=1S/C15H14N2O6/c1-9(18)7-17-12(15(21)22)13(11(16-17)14(19)20)23-8-10-5-3-2-4-6-10/h2-6H,7-8H2,1H3,(H,19,20)(H,21,22). The molecule has 0 saturated carbocycles. The number of aromatic nitrogens is 2. The maximum Gasteiger partial charge on any atom is 0.360 e. The molecule has 8 nitrogen and oxygen atoms in total. The fourth-order valence-electron chi connectivity index (χ4n) is 1.98. The van der Waals surface area contributed by atoms with E-state index in [4.69, 9.17) is 4.74 Å². The summed E-state index contributed by atoms with van der Waals surface area (Å²) in [4.78, 5) is 33.9. The van der Waals surface area contributed by atoms with Gasteiger partial charge in [0.25, 0.3) is 0 Å². The van der Waals surface area contributed by atoms with Gasteiger partial charge in [-0.25, -0.2) is 14.3 Å². The molecule has 1 heterocycles. The zero-order valence-electron chi connectivity index (χ0n) is 12.2. The maximum absolute atomic E-state index is 11.4. The van der Waals surface area contributed by atoms with E-state index in [2.05, 4.69) is 5.10 Å². The first-order valence-electron chi connectivity index (χ1n) is 6.63. The van der Waals surface area contributed by atoms with Gasteiger partial charge >= 0.3 is 11.9 Å². The second kappa shape index (κ2) is 6.73. The molecule has 120 valence electrons. The van der Waals surface area contributed by atoms with E-state index < -0.39 is 23.3 Å². The monoisotopic (exact) mass is 318 g/mol. The third kappa shape index (κ3) is 3.73. The van der Waals surface area contributed by atoms with Crippen LogP contribution in [0.15, 0.2) is 30.3 Å². The van der Waals surface area contributed by atoms with Crippen molar-refractivity contribution in [1.82, 2.24) is 9.78 Å². The number of hydrogen-bond acceptors (Lipinski definition) is 5. The summed E-state index contributed by atoms with van der Waals surface area (Å²) in [6.45, 7) is 0.877. The number of ketones is 1. The van der Waals surface area contributed by atoms with Gasteiger partial charge in [0.15, 0.2) is 17.2 Å². The van der Waals surface area contributed by atoms with Crippen LogP contribution in [0.1, 0.15) is 33.5 Å². The van der Waals surface area contributed by atoms with Crippen molar-refractivity contribution in [3.8, 4) is 5.75 Å². The molecule has 0 bridgehead atoms. The largest absolute Gasteiger partial charge is 0.484 e. The molecule has 0 spiro atoms. The van der Waals surface area contributed by atoms with Crippen molar-refractivity contribution < 1.29 is 29.3 Å². The van der Waals surface area contributed by atoms with Crippen molar-refractivity contribution in [1.29, 1.82) is 0 Å². The molecule has 0 saturated heterocycles. The van der Waals surface area contributed by atoms with Crippen LogP contribution in [-0.2, 0) is 17.9 Å². The Morgan fingerprint density at radius 3 is 2.30 bits per heavy atom. The van der Waals surface area contributed by atoms with Crippen molar-refractivity contribution in [2.45, 2.75) is 20.1 Å². The van der Waals surface area contributed by atoms with E-state index in [9.17, 15) is 24.6 Å². The number of ether oxygens (including phenoxy) is 1. The highest BCUT2D eigenvalue weighted by Gasteiger charge is 2.29. The summed E-state index contributed by atoms with van der Waals surface area (Å²) in [5.74, 6) is -3.58. The molecular weight excluding hydrogens is 304 g/mol. The lowest BCUT2D eigenvalue weighted by Gasteiger charge is -2.07. The SMILES string of the molecule is CC(=O)Cn1nc(C(=O)O)c(OCc2ccccc2)c1C(=O)O. The van der Waals surface area contributed by atoms with Gasteiger partial charge in [-0.3, -0.25) is 4.79 Å². The number of nitrogens with zero attached hydrogens (tertiary/aromatic N) is 2. The molecule has 23 heavy (non-hydrogen) atoms. The van der Waals surface area contributed by atoms with Crippen LogP contribution < -0.4 is 4.74 Å². The summed E-state index contributed by atoms with van der Waals surface area (Å²) in [6, 6.07) is 8.85. The van der Waals surface area contributed by atoms with Crippen LogP contribution in [0.2, 0.25) is 0 Å². The summed E-state index contributed by atoms with van der Waals surface area (Å²) in [6.07, 6.45) is 0. The quantitative estimate of drug-likeness (QED) is 0.793. The van der Waals surface area contributed by atoms with Gasteiger partial charge in [0.1, 0.15) is 13.2 Å². The minimum absolute atomic E-state index is 0.0207. The average Bonchev–Trinajstić information content (AvgIpc) is 2.84. The normalized spacial score (nSPS) is 10.3. The fraction of sp³-hybridized carbons (Fsp3) is 0.200. The Labute approximate surface area is 130 Å². The molecule has 0 amide bonds. The van der Waals surface area contributed by atoms with Gasteiger partial charge < -0.3 is 14.9 Å². The highest BCUT2D eigenvalue weighted by Crippen LogP contribution is 2.25. The van der Waals surface area contributed by atoms with Gasteiger partial charge in [-0.15, -0.1) is 0 Å². The molecular formula is C15H14N2O6. The van der Waals surface area contributed by atoms with Crippen molar-refractivity contribution in [2.75, 3.05) is 0 Å². The molecule has 0 aliphatic heterocycles. The van der Waals surface area contributed by atoms with E-state index in [-0.39, 0.29) is 24.7 Å². The van der Waals surface area contributed by atoms with E-state index in [0.29, 0.717) is 0 Å². The Morgan fingerprint density at radius 2 is 1.78 bits per heavy atom. The lowest BCUT2D eigenvalue weighted by molar-refractivity contribution is -0.117. The van der Waals surface area contributed by atoms with Crippen LogP contribution >= 0.6 is 0 Å². The number of carbonyl (C=O) groups excluding carboxylic acids is 1. The van der Waals surface area contributed by atoms with Gasteiger partial charge in [-0.05, 0) is 12.5 Å². The Morgan fingerprint density at radius 1 is 1.13 bits per heavy atom. The summed E-state index contributed by atoms with van der Waals surface area (Å²) >= 11 is 0. The number of carboxylic acids is 2. The Balaban J connectivity index is 2.42. The van der Waals surface area contributed by atoms with Crippen molar-refractivity contribution in [2.24, 2.45) is 0 Å². The summed E-state index contributed by atoms with van der Waals surface area (Å²) in [5.41, 5.74) is -0.271.